The van der Waals surface area contributed by atoms with Gasteiger partial charge in [0.2, 0.25) is 0 Å². The van der Waals surface area contributed by atoms with E-state index in [-0.39, 0.29) is 24.4 Å². The van der Waals surface area contributed by atoms with Gasteiger partial charge in [0.15, 0.2) is 0 Å². The van der Waals surface area contributed by atoms with E-state index < -0.39 is 17.9 Å². The average molecular weight is 564 g/mol. The largest absolute Gasteiger partial charge is 0.494 e. The Labute approximate surface area is 246 Å². The molecule has 0 aromatic heterocycles. The normalized spacial score (nSPS) is 14.0. The van der Waals surface area contributed by atoms with Crippen LogP contribution in [0.2, 0.25) is 0 Å². The molecule has 0 bridgehead atoms. The molecule has 0 N–H and O–H groups in total. The van der Waals surface area contributed by atoms with Gasteiger partial charge in [0.25, 0.3) is 0 Å². The molecule has 0 unspecified atom stereocenters. The summed E-state index contributed by atoms with van der Waals surface area (Å²) < 4.78 is 16.7. The third-order valence-corrected chi connectivity index (χ3v) is 6.95. The first-order valence-electron chi connectivity index (χ1n) is 13.7. The molecule has 0 atom stereocenters. The predicted molar refractivity (Wildman–Crippen MR) is 160 cm³/mol. The number of rotatable bonds is 8. The fourth-order valence-corrected chi connectivity index (χ4v) is 5.07. The lowest BCUT2D eigenvalue weighted by Gasteiger charge is -2.38. The van der Waals surface area contributed by atoms with Gasteiger partial charge >= 0.3 is 11.9 Å². The lowest BCUT2D eigenvalue weighted by molar-refractivity contribution is -0.139. The highest BCUT2D eigenvalue weighted by Gasteiger charge is 2.42. The van der Waals surface area contributed by atoms with Crippen LogP contribution in [-0.2, 0) is 19.1 Å². The molecule has 0 fully saturated rings. The van der Waals surface area contributed by atoms with Gasteiger partial charge in [-0.05, 0) is 57.5 Å². The number of ether oxygens (including phenoxy) is 3. The minimum Gasteiger partial charge on any atom is -0.494 e. The highest BCUT2D eigenvalue weighted by molar-refractivity contribution is 6.07. The maximum atomic E-state index is 13.7. The second kappa shape index (κ2) is 13.5. The van der Waals surface area contributed by atoms with Crippen LogP contribution in [0.4, 0.5) is 5.69 Å². The van der Waals surface area contributed by atoms with E-state index in [1.54, 1.807) is 50.1 Å². The van der Waals surface area contributed by atoms with Gasteiger partial charge in [-0.3, -0.25) is 0 Å². The Morgan fingerprint density at radius 2 is 1.38 bits per heavy atom. The van der Waals surface area contributed by atoms with Gasteiger partial charge < -0.3 is 19.1 Å². The second-order valence-corrected chi connectivity index (χ2v) is 9.41. The molecule has 0 spiro atoms. The summed E-state index contributed by atoms with van der Waals surface area (Å²) in [7, 11) is 1.58. The maximum absolute atomic E-state index is 13.7. The number of amidine groups is 1. The molecule has 0 saturated carbocycles. The van der Waals surface area contributed by atoms with Crippen molar-refractivity contribution in [3.05, 3.63) is 118 Å². The molecule has 1 aliphatic rings. The van der Waals surface area contributed by atoms with Crippen molar-refractivity contribution in [1.29, 1.82) is 5.26 Å². The number of aliphatic imine (C=N–C) groups is 1. The molecule has 4 rings (SSSR count). The van der Waals surface area contributed by atoms with Crippen LogP contribution >= 0.6 is 0 Å². The quantitative estimate of drug-likeness (QED) is 0.177. The van der Waals surface area contributed by atoms with Crippen LogP contribution < -0.4 is 4.74 Å². The Hall–Kier alpha value is -5.16. The Morgan fingerprint density at radius 1 is 0.833 bits per heavy atom. The topological polar surface area (TPSA) is 101 Å². The molecule has 42 heavy (non-hydrogen) atoms. The molecule has 8 nitrogen and oxygen atoms in total. The number of carbonyl (C=O) groups is 2. The summed E-state index contributed by atoms with van der Waals surface area (Å²) in [4.78, 5) is 34.3. The number of carbonyl (C=O) groups excluding carboxylic acids is 2. The highest BCUT2D eigenvalue weighted by Crippen LogP contribution is 2.44. The van der Waals surface area contributed by atoms with Gasteiger partial charge in [0.05, 0.1) is 49.0 Å². The van der Waals surface area contributed by atoms with Crippen molar-refractivity contribution in [3.63, 3.8) is 0 Å². The third-order valence-electron chi connectivity index (χ3n) is 6.95. The molecular weight excluding hydrogens is 530 g/mol. The monoisotopic (exact) mass is 563 g/mol. The number of para-hydroxylation sites is 2. The predicted octanol–water partition coefficient (Wildman–Crippen LogP) is 6.42. The average Bonchev–Trinajstić information content (AvgIpc) is 3.01. The van der Waals surface area contributed by atoms with E-state index in [0.29, 0.717) is 39.8 Å². The van der Waals surface area contributed by atoms with Crippen molar-refractivity contribution in [2.75, 3.05) is 20.3 Å². The van der Waals surface area contributed by atoms with Crippen LogP contribution in [0, 0.1) is 11.3 Å². The van der Waals surface area contributed by atoms with Gasteiger partial charge in [0, 0.05) is 17.0 Å². The lowest BCUT2D eigenvalue weighted by Crippen LogP contribution is -2.39. The summed E-state index contributed by atoms with van der Waals surface area (Å²) in [5.74, 6) is -0.869. The summed E-state index contributed by atoms with van der Waals surface area (Å²) in [6.07, 6.45) is 0. The van der Waals surface area contributed by atoms with Gasteiger partial charge in [0.1, 0.15) is 17.3 Å². The van der Waals surface area contributed by atoms with Crippen molar-refractivity contribution in [3.8, 4) is 11.8 Å². The molecule has 8 heteroatoms. The summed E-state index contributed by atoms with van der Waals surface area (Å²) in [6, 6.07) is 25.8. The van der Waals surface area contributed by atoms with Crippen LogP contribution in [0.5, 0.6) is 5.75 Å². The summed E-state index contributed by atoms with van der Waals surface area (Å²) in [5.41, 5.74) is 4.09. The molecular formula is C34H33N3O5. The van der Waals surface area contributed by atoms with Crippen molar-refractivity contribution in [1.82, 2.24) is 4.90 Å². The highest BCUT2D eigenvalue weighted by atomic mass is 16.5. The molecule has 0 amide bonds. The van der Waals surface area contributed by atoms with Gasteiger partial charge in [-0.25, -0.2) is 14.6 Å². The van der Waals surface area contributed by atoms with Crippen molar-refractivity contribution in [2.45, 2.75) is 33.6 Å². The van der Waals surface area contributed by atoms with Crippen LogP contribution in [-0.4, -0.2) is 43.0 Å². The first kappa shape index (κ1) is 29.8. The number of nitriles is 1. The Balaban J connectivity index is 2.07. The maximum Gasteiger partial charge on any atom is 0.336 e. The smallest absolute Gasteiger partial charge is 0.336 e. The van der Waals surface area contributed by atoms with Crippen LogP contribution in [0.3, 0.4) is 0 Å². The number of esters is 2. The van der Waals surface area contributed by atoms with Crippen molar-refractivity contribution < 1.29 is 23.8 Å². The molecule has 1 heterocycles. The molecule has 0 saturated heterocycles. The van der Waals surface area contributed by atoms with Gasteiger partial charge in [-0.2, -0.15) is 5.26 Å². The zero-order chi connectivity index (χ0) is 30.2. The number of benzene rings is 3. The van der Waals surface area contributed by atoms with Gasteiger partial charge in [-0.1, -0.05) is 54.6 Å². The van der Waals surface area contributed by atoms with E-state index in [1.165, 1.54) is 0 Å². The first-order valence-corrected chi connectivity index (χ1v) is 13.7. The van der Waals surface area contributed by atoms with Gasteiger partial charge in [-0.15, -0.1) is 0 Å². The standard InChI is InChI=1S/C34H33N3O5/c1-6-41-33(38)29-22(3)37(32(26-13-9-8-10-14-26)36-27-15-11-12-16-28(27)40-5)23(4)30(34(39)42-7-2)31(29)25-19-17-24(21-35)18-20-25/h8-20,31H,6-7H2,1-5H3. The van der Waals surface area contributed by atoms with E-state index in [0.717, 1.165) is 5.56 Å². The zero-order valence-electron chi connectivity index (χ0n) is 24.4. The Bertz CT molecular complexity index is 1560. The van der Waals surface area contributed by atoms with Crippen LogP contribution in [0.25, 0.3) is 0 Å². The summed E-state index contributed by atoms with van der Waals surface area (Å²) in [6.45, 7) is 7.39. The first-order chi connectivity index (χ1) is 20.4. The van der Waals surface area contributed by atoms with E-state index in [1.807, 2.05) is 68.4 Å². The molecule has 0 aliphatic carbocycles. The Morgan fingerprint density at radius 3 is 1.90 bits per heavy atom. The SMILES string of the molecule is CCOC(=O)C1=C(C)N(C(=Nc2ccccc2OC)c2ccccc2)C(C)=C(C(=O)OCC)C1c1ccc(C#N)cc1. The molecule has 3 aromatic rings. The number of hydrogen-bond donors (Lipinski definition) is 0. The molecule has 3 aromatic carbocycles. The fourth-order valence-electron chi connectivity index (χ4n) is 5.07. The minimum atomic E-state index is -0.796. The zero-order valence-corrected chi connectivity index (χ0v) is 24.4. The second-order valence-electron chi connectivity index (χ2n) is 9.41. The number of nitrogens with zero attached hydrogens (tertiary/aromatic N) is 3. The number of methoxy groups -OCH3 is 1. The van der Waals surface area contributed by atoms with Crippen molar-refractivity contribution in [2.24, 2.45) is 4.99 Å². The summed E-state index contributed by atoms with van der Waals surface area (Å²) >= 11 is 0. The van der Waals surface area contributed by atoms with E-state index in [9.17, 15) is 14.9 Å². The summed E-state index contributed by atoms with van der Waals surface area (Å²) in [5, 5.41) is 9.36. The van der Waals surface area contributed by atoms with E-state index in [4.69, 9.17) is 19.2 Å². The molecule has 1 aliphatic heterocycles. The minimum absolute atomic E-state index is 0.147. The third kappa shape index (κ3) is 5.96. The van der Waals surface area contributed by atoms with Crippen LogP contribution in [0.15, 0.2) is 106 Å². The number of allylic oxidation sites excluding steroid dienone is 2. The van der Waals surface area contributed by atoms with Crippen LogP contribution in [0.1, 0.15) is 50.3 Å². The fraction of sp³-hybridized carbons (Fsp3) is 0.235. The van der Waals surface area contributed by atoms with E-state index >= 15 is 0 Å². The molecule has 214 valence electrons. The van der Waals surface area contributed by atoms with E-state index in [2.05, 4.69) is 6.07 Å². The Kier molecular flexibility index (Phi) is 9.56. The lowest BCUT2D eigenvalue weighted by atomic mass is 9.79. The van der Waals surface area contributed by atoms with Crippen molar-refractivity contribution >= 4 is 23.5 Å². The number of hydrogen-bond acceptors (Lipinski definition) is 7. The molecule has 0 radical (unpaired) electrons.